The van der Waals surface area contributed by atoms with Crippen molar-refractivity contribution >= 4 is 11.8 Å². The van der Waals surface area contributed by atoms with Crippen molar-refractivity contribution in [2.75, 3.05) is 0 Å². The van der Waals surface area contributed by atoms with Gasteiger partial charge in [0.1, 0.15) is 5.78 Å². The minimum atomic E-state index is -0.922. The highest BCUT2D eigenvalue weighted by molar-refractivity contribution is 5.84. The lowest BCUT2D eigenvalue weighted by molar-refractivity contribution is -0.138. The largest absolute Gasteiger partial charge is 0.481 e. The fraction of sp³-hybridized carbons (Fsp3) is 0.385. The van der Waals surface area contributed by atoms with Crippen molar-refractivity contribution in [1.29, 1.82) is 0 Å². The Bertz CT molecular complexity index is 387. The lowest BCUT2D eigenvalue weighted by Gasteiger charge is -2.03. The molecule has 0 saturated heterocycles. The predicted molar refractivity (Wildman–Crippen MR) is 61.5 cm³/mol. The number of benzene rings is 1. The minimum absolute atomic E-state index is 0.0209. The number of carbonyl (C=O) groups excluding carboxylic acids is 1. The van der Waals surface area contributed by atoms with E-state index in [1.165, 1.54) is 0 Å². The SMILES string of the molecule is Cc1cc(C)cc(CC(=O)CCC(=O)O)c1. The van der Waals surface area contributed by atoms with Crippen molar-refractivity contribution in [2.45, 2.75) is 33.1 Å². The maximum Gasteiger partial charge on any atom is 0.303 e. The summed E-state index contributed by atoms with van der Waals surface area (Å²) in [6, 6.07) is 5.97. The minimum Gasteiger partial charge on any atom is -0.481 e. The summed E-state index contributed by atoms with van der Waals surface area (Å²) < 4.78 is 0. The number of rotatable bonds is 5. The van der Waals surface area contributed by atoms with Crippen LogP contribution in [0, 0.1) is 13.8 Å². The van der Waals surface area contributed by atoms with Crippen molar-refractivity contribution in [3.05, 3.63) is 34.9 Å². The molecule has 1 N–H and O–H groups in total. The average Bonchev–Trinajstić information content (AvgIpc) is 2.12. The molecule has 0 aliphatic heterocycles. The molecule has 3 nitrogen and oxygen atoms in total. The third kappa shape index (κ3) is 4.26. The summed E-state index contributed by atoms with van der Waals surface area (Å²) in [7, 11) is 0. The maximum atomic E-state index is 11.5. The van der Waals surface area contributed by atoms with Crippen LogP contribution in [-0.4, -0.2) is 16.9 Å². The van der Waals surface area contributed by atoms with Gasteiger partial charge in [0, 0.05) is 12.8 Å². The van der Waals surface area contributed by atoms with E-state index in [2.05, 4.69) is 0 Å². The first-order chi connectivity index (χ1) is 7.47. The Balaban J connectivity index is 2.59. The zero-order valence-corrected chi connectivity index (χ0v) is 9.62. The normalized spacial score (nSPS) is 10.1. The highest BCUT2D eigenvalue weighted by Crippen LogP contribution is 2.10. The molecule has 0 saturated carbocycles. The Kier molecular flexibility index (Phi) is 4.23. The Morgan fingerprint density at radius 1 is 1.06 bits per heavy atom. The van der Waals surface area contributed by atoms with Gasteiger partial charge in [-0.25, -0.2) is 0 Å². The molecule has 0 heterocycles. The quantitative estimate of drug-likeness (QED) is 0.828. The smallest absolute Gasteiger partial charge is 0.303 e. The van der Waals surface area contributed by atoms with Crippen LogP contribution < -0.4 is 0 Å². The number of aliphatic carboxylic acids is 1. The monoisotopic (exact) mass is 220 g/mol. The second-order valence-electron chi connectivity index (χ2n) is 4.11. The van der Waals surface area contributed by atoms with Crippen LogP contribution >= 0.6 is 0 Å². The summed E-state index contributed by atoms with van der Waals surface area (Å²) in [5.74, 6) is -0.943. The van der Waals surface area contributed by atoms with E-state index in [-0.39, 0.29) is 18.6 Å². The van der Waals surface area contributed by atoms with Gasteiger partial charge in [0.05, 0.1) is 6.42 Å². The number of Topliss-reactive ketones (excluding diaryl/α,β-unsaturated/α-hetero) is 1. The van der Waals surface area contributed by atoms with E-state index in [0.717, 1.165) is 16.7 Å². The van der Waals surface area contributed by atoms with E-state index in [1.807, 2.05) is 32.0 Å². The zero-order chi connectivity index (χ0) is 12.1. The number of hydrogen-bond donors (Lipinski definition) is 1. The number of carbonyl (C=O) groups is 2. The van der Waals surface area contributed by atoms with Crippen LogP contribution in [0.5, 0.6) is 0 Å². The van der Waals surface area contributed by atoms with Crippen LogP contribution in [0.1, 0.15) is 29.5 Å². The first kappa shape index (κ1) is 12.4. The van der Waals surface area contributed by atoms with Gasteiger partial charge in [-0.15, -0.1) is 0 Å². The fourth-order valence-electron chi connectivity index (χ4n) is 1.73. The van der Waals surface area contributed by atoms with Crippen molar-refractivity contribution in [2.24, 2.45) is 0 Å². The van der Waals surface area contributed by atoms with Crippen molar-refractivity contribution in [3.8, 4) is 0 Å². The zero-order valence-electron chi connectivity index (χ0n) is 9.62. The lowest BCUT2D eigenvalue weighted by Crippen LogP contribution is -2.06. The molecule has 86 valence electrons. The van der Waals surface area contributed by atoms with Crippen LogP contribution in [0.3, 0.4) is 0 Å². The van der Waals surface area contributed by atoms with E-state index in [1.54, 1.807) is 0 Å². The van der Waals surface area contributed by atoms with E-state index >= 15 is 0 Å². The van der Waals surface area contributed by atoms with E-state index in [0.29, 0.717) is 6.42 Å². The average molecular weight is 220 g/mol. The molecule has 0 unspecified atom stereocenters. The summed E-state index contributed by atoms with van der Waals surface area (Å²) in [6.07, 6.45) is 0.363. The molecule has 0 amide bonds. The topological polar surface area (TPSA) is 54.4 Å². The Labute approximate surface area is 95.1 Å². The van der Waals surface area contributed by atoms with Gasteiger partial charge in [-0.1, -0.05) is 29.3 Å². The van der Waals surface area contributed by atoms with Crippen molar-refractivity contribution in [3.63, 3.8) is 0 Å². The molecule has 0 radical (unpaired) electrons. The molecule has 3 heteroatoms. The number of hydrogen-bond acceptors (Lipinski definition) is 2. The summed E-state index contributed by atoms with van der Waals surface area (Å²) in [6.45, 7) is 3.97. The molecule has 16 heavy (non-hydrogen) atoms. The molecular formula is C13H16O3. The Morgan fingerprint density at radius 3 is 2.12 bits per heavy atom. The van der Waals surface area contributed by atoms with Crippen LogP contribution in [-0.2, 0) is 16.0 Å². The standard InChI is InChI=1S/C13H16O3/c1-9-5-10(2)7-11(6-9)8-12(14)3-4-13(15)16/h5-7H,3-4,8H2,1-2H3,(H,15,16). The van der Waals surface area contributed by atoms with Gasteiger partial charge < -0.3 is 5.11 Å². The molecule has 0 spiro atoms. The number of carboxylic acids is 1. The first-order valence-electron chi connectivity index (χ1n) is 5.28. The highest BCUT2D eigenvalue weighted by atomic mass is 16.4. The highest BCUT2D eigenvalue weighted by Gasteiger charge is 2.07. The number of aryl methyl sites for hydroxylation is 2. The molecule has 1 rings (SSSR count). The van der Waals surface area contributed by atoms with Crippen molar-refractivity contribution in [1.82, 2.24) is 0 Å². The van der Waals surface area contributed by atoms with Crippen molar-refractivity contribution < 1.29 is 14.7 Å². The van der Waals surface area contributed by atoms with E-state index in [4.69, 9.17) is 5.11 Å². The van der Waals surface area contributed by atoms with Crippen LogP contribution in [0.2, 0.25) is 0 Å². The predicted octanol–water partition coefficient (Wildman–Crippen LogP) is 2.28. The van der Waals surface area contributed by atoms with Gasteiger partial charge in [0.2, 0.25) is 0 Å². The third-order valence-corrected chi connectivity index (χ3v) is 2.30. The van der Waals surface area contributed by atoms with Crippen LogP contribution in [0.25, 0.3) is 0 Å². The van der Waals surface area contributed by atoms with E-state index in [9.17, 15) is 9.59 Å². The third-order valence-electron chi connectivity index (χ3n) is 2.30. The van der Waals surface area contributed by atoms with Gasteiger partial charge in [-0.05, 0) is 19.4 Å². The molecule has 0 bridgehead atoms. The van der Waals surface area contributed by atoms with Gasteiger partial charge in [-0.2, -0.15) is 0 Å². The van der Waals surface area contributed by atoms with Crippen LogP contribution in [0.15, 0.2) is 18.2 Å². The Morgan fingerprint density at radius 2 is 1.62 bits per heavy atom. The number of carboxylic acid groups (broad SMARTS) is 1. The maximum absolute atomic E-state index is 11.5. The molecule has 1 aromatic carbocycles. The van der Waals surface area contributed by atoms with E-state index < -0.39 is 5.97 Å². The summed E-state index contributed by atoms with van der Waals surface area (Å²) in [5, 5.41) is 8.46. The molecule has 0 fully saturated rings. The molecular weight excluding hydrogens is 204 g/mol. The second kappa shape index (κ2) is 5.45. The molecule has 0 atom stereocenters. The second-order valence-corrected chi connectivity index (χ2v) is 4.11. The lowest BCUT2D eigenvalue weighted by atomic mass is 10.0. The van der Waals surface area contributed by atoms with Gasteiger partial charge in [0.25, 0.3) is 0 Å². The summed E-state index contributed by atoms with van der Waals surface area (Å²) in [4.78, 5) is 21.8. The Hall–Kier alpha value is -1.64. The van der Waals surface area contributed by atoms with Gasteiger partial charge in [0.15, 0.2) is 0 Å². The summed E-state index contributed by atoms with van der Waals surface area (Å²) in [5.41, 5.74) is 3.22. The molecule has 0 aliphatic rings. The van der Waals surface area contributed by atoms with Gasteiger partial charge in [-0.3, -0.25) is 9.59 Å². The first-order valence-corrected chi connectivity index (χ1v) is 5.28. The summed E-state index contributed by atoms with van der Waals surface area (Å²) >= 11 is 0. The van der Waals surface area contributed by atoms with Gasteiger partial charge >= 0.3 is 5.97 Å². The number of ketones is 1. The van der Waals surface area contributed by atoms with Crippen LogP contribution in [0.4, 0.5) is 0 Å². The fourth-order valence-corrected chi connectivity index (χ4v) is 1.73. The molecule has 0 aromatic heterocycles. The molecule has 0 aliphatic carbocycles. The molecule has 1 aromatic rings.